The van der Waals surface area contributed by atoms with Crippen LogP contribution in [-0.4, -0.2) is 26.2 Å². The Balaban J connectivity index is 1.66. The SMILES string of the molecule is CC(C)Nc1cc(-c2cc3c4c(n[nH]c4c2)Nc2ccccc2O3)nc(N)n1. The molecule has 0 spiro atoms. The van der Waals surface area contributed by atoms with E-state index in [1.54, 1.807) is 0 Å². The molecule has 0 bridgehead atoms. The Morgan fingerprint density at radius 3 is 2.79 bits per heavy atom. The molecule has 0 radical (unpaired) electrons. The van der Waals surface area contributed by atoms with Gasteiger partial charge in [-0.05, 0) is 38.1 Å². The van der Waals surface area contributed by atoms with Crippen LogP contribution >= 0.6 is 0 Å². The topological polar surface area (TPSA) is 114 Å². The Labute approximate surface area is 161 Å². The number of nitrogens with two attached hydrogens (primary N) is 1. The van der Waals surface area contributed by atoms with Crippen LogP contribution in [0.1, 0.15) is 13.8 Å². The minimum absolute atomic E-state index is 0.213. The number of nitrogen functional groups attached to an aromatic ring is 1. The van der Waals surface area contributed by atoms with Gasteiger partial charge in [-0.3, -0.25) is 5.10 Å². The molecule has 0 unspecified atom stereocenters. The highest BCUT2D eigenvalue weighted by molar-refractivity contribution is 6.00. The molecule has 28 heavy (non-hydrogen) atoms. The lowest BCUT2D eigenvalue weighted by atomic mass is 10.1. The van der Waals surface area contributed by atoms with Crippen molar-refractivity contribution in [3.8, 4) is 22.8 Å². The Morgan fingerprint density at radius 2 is 1.93 bits per heavy atom. The summed E-state index contributed by atoms with van der Waals surface area (Å²) < 4.78 is 6.21. The van der Waals surface area contributed by atoms with Gasteiger partial charge < -0.3 is 21.1 Å². The standard InChI is InChI=1S/C20H19N7O/c1-10(2)22-17-9-13(24-20(21)25-17)11-7-14-18-16(8-11)28-15-6-4-3-5-12(15)23-19(18)27-26-14/h3-10H,1-2H3,(H2,23,26,27)(H3,21,22,24,25). The van der Waals surface area contributed by atoms with Gasteiger partial charge in [-0.1, -0.05) is 12.1 Å². The van der Waals surface area contributed by atoms with Crippen LogP contribution in [0.3, 0.4) is 0 Å². The molecule has 5 N–H and O–H groups in total. The van der Waals surface area contributed by atoms with E-state index >= 15 is 0 Å². The average molecular weight is 373 g/mol. The second-order valence-electron chi connectivity index (χ2n) is 6.99. The molecule has 8 nitrogen and oxygen atoms in total. The Bertz CT molecular complexity index is 1200. The van der Waals surface area contributed by atoms with Gasteiger partial charge in [0.2, 0.25) is 5.95 Å². The fraction of sp³-hybridized carbons (Fsp3) is 0.150. The number of nitrogens with one attached hydrogen (secondary N) is 3. The smallest absolute Gasteiger partial charge is 0.222 e. The number of ether oxygens (including phenoxy) is 1. The van der Waals surface area contributed by atoms with Crippen LogP contribution in [-0.2, 0) is 0 Å². The van der Waals surface area contributed by atoms with Gasteiger partial charge in [0.05, 0.1) is 22.3 Å². The molecule has 5 rings (SSSR count). The summed E-state index contributed by atoms with van der Waals surface area (Å²) in [6.07, 6.45) is 0. The van der Waals surface area contributed by atoms with Crippen LogP contribution in [0.15, 0.2) is 42.5 Å². The van der Waals surface area contributed by atoms with E-state index in [0.29, 0.717) is 17.3 Å². The van der Waals surface area contributed by atoms with Crippen molar-refractivity contribution >= 4 is 34.2 Å². The maximum atomic E-state index is 6.21. The van der Waals surface area contributed by atoms with Crippen molar-refractivity contribution in [1.82, 2.24) is 20.2 Å². The van der Waals surface area contributed by atoms with Crippen LogP contribution in [0.5, 0.6) is 11.5 Å². The molecule has 2 aromatic carbocycles. The molecule has 140 valence electrons. The molecular weight excluding hydrogens is 354 g/mol. The van der Waals surface area contributed by atoms with Crippen molar-refractivity contribution < 1.29 is 4.74 Å². The molecule has 1 aliphatic rings. The van der Waals surface area contributed by atoms with Crippen molar-refractivity contribution in [2.75, 3.05) is 16.4 Å². The van der Waals surface area contributed by atoms with Gasteiger partial charge in [0, 0.05) is 17.7 Å². The van der Waals surface area contributed by atoms with Gasteiger partial charge in [0.15, 0.2) is 11.6 Å². The fourth-order valence-electron chi connectivity index (χ4n) is 3.33. The minimum Gasteiger partial charge on any atom is -0.454 e. The van der Waals surface area contributed by atoms with Gasteiger partial charge in [-0.25, -0.2) is 4.98 Å². The first-order valence-electron chi connectivity index (χ1n) is 9.04. The molecule has 1 aliphatic heterocycles. The number of para-hydroxylation sites is 2. The number of benzene rings is 2. The molecule has 8 heteroatoms. The third-order valence-electron chi connectivity index (χ3n) is 4.46. The Hall–Kier alpha value is -3.81. The van der Waals surface area contributed by atoms with Crippen LogP contribution in [0.2, 0.25) is 0 Å². The predicted octanol–water partition coefficient (Wildman–Crippen LogP) is 4.27. The first-order valence-corrected chi connectivity index (χ1v) is 9.04. The first-order chi connectivity index (χ1) is 13.6. The molecule has 0 atom stereocenters. The number of aromatic amines is 1. The summed E-state index contributed by atoms with van der Waals surface area (Å²) in [4.78, 5) is 8.67. The first kappa shape index (κ1) is 16.4. The van der Waals surface area contributed by atoms with E-state index in [9.17, 15) is 0 Å². The molecule has 0 saturated heterocycles. The average Bonchev–Trinajstić information content (AvgIpc) is 2.97. The van der Waals surface area contributed by atoms with Crippen LogP contribution in [0.4, 0.5) is 23.3 Å². The quantitative estimate of drug-likeness (QED) is 0.373. The normalized spacial score (nSPS) is 12.2. The van der Waals surface area contributed by atoms with E-state index in [2.05, 4.69) is 30.8 Å². The number of hydrogen-bond acceptors (Lipinski definition) is 7. The number of rotatable bonds is 3. The molecule has 2 aromatic heterocycles. The molecular formula is C20H19N7O. The highest BCUT2D eigenvalue weighted by Crippen LogP contribution is 2.43. The Kier molecular flexibility index (Phi) is 3.58. The van der Waals surface area contributed by atoms with Crippen molar-refractivity contribution in [3.05, 3.63) is 42.5 Å². The second kappa shape index (κ2) is 6.12. The largest absolute Gasteiger partial charge is 0.454 e. The highest BCUT2D eigenvalue weighted by atomic mass is 16.5. The fourth-order valence-corrected chi connectivity index (χ4v) is 3.33. The highest BCUT2D eigenvalue weighted by Gasteiger charge is 2.21. The molecule has 3 heterocycles. The van der Waals surface area contributed by atoms with Crippen LogP contribution in [0, 0.1) is 0 Å². The van der Waals surface area contributed by atoms with Crippen molar-refractivity contribution in [1.29, 1.82) is 0 Å². The summed E-state index contributed by atoms with van der Waals surface area (Å²) in [5.74, 6) is 3.06. The molecule has 0 aliphatic carbocycles. The van der Waals surface area contributed by atoms with E-state index in [1.807, 2.05) is 56.3 Å². The van der Waals surface area contributed by atoms with Crippen molar-refractivity contribution in [3.63, 3.8) is 0 Å². The molecule has 0 saturated carbocycles. The zero-order valence-corrected chi connectivity index (χ0v) is 15.4. The predicted molar refractivity (Wildman–Crippen MR) is 110 cm³/mol. The lowest BCUT2D eigenvalue weighted by Crippen LogP contribution is -2.12. The van der Waals surface area contributed by atoms with Crippen molar-refractivity contribution in [2.24, 2.45) is 0 Å². The van der Waals surface area contributed by atoms with E-state index in [4.69, 9.17) is 10.5 Å². The van der Waals surface area contributed by atoms with Gasteiger partial charge in [-0.15, -0.1) is 0 Å². The Morgan fingerprint density at radius 1 is 1.07 bits per heavy atom. The van der Waals surface area contributed by atoms with Gasteiger partial charge >= 0.3 is 0 Å². The summed E-state index contributed by atoms with van der Waals surface area (Å²) in [5.41, 5.74) is 9.21. The summed E-state index contributed by atoms with van der Waals surface area (Å²) in [7, 11) is 0. The summed E-state index contributed by atoms with van der Waals surface area (Å²) in [6, 6.07) is 13.8. The van der Waals surface area contributed by atoms with Gasteiger partial charge in [0.25, 0.3) is 0 Å². The zero-order valence-electron chi connectivity index (χ0n) is 15.4. The monoisotopic (exact) mass is 373 g/mol. The molecule has 4 aromatic rings. The third kappa shape index (κ3) is 2.75. The number of anilines is 4. The third-order valence-corrected chi connectivity index (χ3v) is 4.46. The maximum Gasteiger partial charge on any atom is 0.222 e. The number of nitrogens with zero attached hydrogens (tertiary/aromatic N) is 3. The van der Waals surface area contributed by atoms with Crippen molar-refractivity contribution in [2.45, 2.75) is 19.9 Å². The zero-order chi connectivity index (χ0) is 19.3. The van der Waals surface area contributed by atoms with Gasteiger partial charge in [0.1, 0.15) is 11.6 Å². The van der Waals surface area contributed by atoms with E-state index in [-0.39, 0.29) is 12.0 Å². The molecule has 0 fully saturated rings. The second-order valence-corrected chi connectivity index (χ2v) is 6.99. The van der Waals surface area contributed by atoms with E-state index < -0.39 is 0 Å². The number of hydrogen-bond donors (Lipinski definition) is 4. The van der Waals surface area contributed by atoms with Crippen LogP contribution in [0.25, 0.3) is 22.2 Å². The van der Waals surface area contributed by atoms with Crippen LogP contribution < -0.4 is 21.1 Å². The van der Waals surface area contributed by atoms with Gasteiger partial charge in [-0.2, -0.15) is 10.1 Å². The number of aromatic nitrogens is 4. The lowest BCUT2D eigenvalue weighted by Gasteiger charge is -2.12. The minimum atomic E-state index is 0.213. The summed E-state index contributed by atoms with van der Waals surface area (Å²) in [5, 5.41) is 15.0. The summed E-state index contributed by atoms with van der Waals surface area (Å²) >= 11 is 0. The molecule has 0 amide bonds. The van der Waals surface area contributed by atoms with E-state index in [1.165, 1.54) is 0 Å². The number of H-pyrrole nitrogens is 1. The lowest BCUT2D eigenvalue weighted by molar-refractivity contribution is 0.492. The summed E-state index contributed by atoms with van der Waals surface area (Å²) in [6.45, 7) is 4.09. The van der Waals surface area contributed by atoms with E-state index in [0.717, 1.165) is 33.7 Å². The number of fused-ring (bicyclic) bond motifs is 1. The maximum absolute atomic E-state index is 6.21.